The number of carbonyl (C=O) groups excluding carboxylic acids is 1. The maximum Gasteiger partial charge on any atom is 0.328 e. The van der Waals surface area contributed by atoms with E-state index < -0.39 is 29.7 Å². The van der Waals surface area contributed by atoms with Crippen LogP contribution >= 0.6 is 0 Å². The Balaban J connectivity index is 5.14. The Morgan fingerprint density at radius 1 is 1.11 bits per heavy atom. The van der Waals surface area contributed by atoms with E-state index in [0.717, 1.165) is 0 Å². The van der Waals surface area contributed by atoms with Crippen molar-refractivity contribution in [3.8, 4) is 0 Å². The van der Waals surface area contributed by atoms with Crippen LogP contribution in [0, 0.1) is 0 Å². The van der Waals surface area contributed by atoms with Gasteiger partial charge in [-0.3, -0.25) is 9.59 Å². The molecule has 7 heteroatoms. The summed E-state index contributed by atoms with van der Waals surface area (Å²) in [5.74, 6) is -3.60. The lowest BCUT2D eigenvalue weighted by Gasteiger charge is -2.33. The summed E-state index contributed by atoms with van der Waals surface area (Å²) in [5.41, 5.74) is -2.12. The quantitative estimate of drug-likeness (QED) is 0.404. The zero-order chi connectivity index (χ0) is 14.6. The summed E-state index contributed by atoms with van der Waals surface area (Å²) in [5, 5.41) is 27.2. The molecule has 0 aromatic heterocycles. The van der Waals surface area contributed by atoms with E-state index in [9.17, 15) is 19.5 Å². The number of rotatable bonds is 7. The Labute approximate surface area is 105 Å². The number of likely N-dealkylation sites (N-methyl/N-ethyl adjacent to an activating group) is 1. The van der Waals surface area contributed by atoms with Crippen LogP contribution < -0.4 is 0 Å². The van der Waals surface area contributed by atoms with Gasteiger partial charge in [0, 0.05) is 6.08 Å². The maximum atomic E-state index is 11.7. The van der Waals surface area contributed by atoms with Crippen LogP contribution in [0.15, 0.2) is 12.2 Å². The lowest BCUT2D eigenvalue weighted by molar-refractivity contribution is -0.875. The highest BCUT2D eigenvalue weighted by atomic mass is 16.4. The number of nitrogens with zero attached hydrogens (tertiary/aromatic N) is 1. The molecule has 0 amide bonds. The molecule has 18 heavy (non-hydrogen) atoms. The normalized spacial score (nSPS) is 15.3. The van der Waals surface area contributed by atoms with Gasteiger partial charge in [0.25, 0.3) is 0 Å². The fourth-order valence-corrected chi connectivity index (χ4v) is 1.56. The van der Waals surface area contributed by atoms with E-state index in [1.165, 1.54) is 0 Å². The fourth-order valence-electron chi connectivity index (χ4n) is 1.56. The minimum absolute atomic E-state index is 0.137. The molecule has 3 N–H and O–H groups in total. The van der Waals surface area contributed by atoms with Crippen molar-refractivity contribution in [1.82, 2.24) is 0 Å². The number of aliphatic hydroxyl groups is 1. The van der Waals surface area contributed by atoms with Crippen LogP contribution in [-0.2, 0) is 14.4 Å². The van der Waals surface area contributed by atoms with Crippen LogP contribution in [0.3, 0.4) is 0 Å². The van der Waals surface area contributed by atoms with E-state index in [2.05, 4.69) is 0 Å². The van der Waals surface area contributed by atoms with Gasteiger partial charge in [-0.2, -0.15) is 0 Å². The number of hydrogen-bond acceptors (Lipinski definition) is 4. The molecule has 1 atom stereocenters. The molecular weight excluding hydrogens is 242 g/mol. The Morgan fingerprint density at radius 2 is 1.61 bits per heavy atom. The summed E-state index contributed by atoms with van der Waals surface area (Å²) in [6.07, 6.45) is 0.483. The molecular formula is C11H18NO6+. The zero-order valence-corrected chi connectivity index (χ0v) is 10.6. The Morgan fingerprint density at radius 3 is 1.94 bits per heavy atom. The Kier molecular flexibility index (Phi) is 5.19. The first-order chi connectivity index (χ1) is 7.96. The third kappa shape index (κ3) is 6.12. The van der Waals surface area contributed by atoms with Gasteiger partial charge in [0.1, 0.15) is 6.54 Å². The molecule has 0 saturated carbocycles. The molecule has 0 spiro atoms. The molecule has 7 nitrogen and oxygen atoms in total. The van der Waals surface area contributed by atoms with Gasteiger partial charge in [-0.15, -0.1) is 0 Å². The molecule has 0 aromatic rings. The third-order valence-electron chi connectivity index (χ3n) is 2.02. The smallest absolute Gasteiger partial charge is 0.328 e. The summed E-state index contributed by atoms with van der Waals surface area (Å²) >= 11 is 0. The molecule has 0 aliphatic rings. The number of ketones is 1. The molecule has 0 aromatic carbocycles. The van der Waals surface area contributed by atoms with E-state index >= 15 is 0 Å². The van der Waals surface area contributed by atoms with Gasteiger partial charge in [-0.25, -0.2) is 4.79 Å². The lowest BCUT2D eigenvalue weighted by atomic mass is 9.92. The van der Waals surface area contributed by atoms with Crippen molar-refractivity contribution >= 4 is 17.7 Å². The predicted octanol–water partition coefficient (Wildman–Crippen LogP) is -0.892. The van der Waals surface area contributed by atoms with Gasteiger partial charge >= 0.3 is 11.9 Å². The first-order valence-corrected chi connectivity index (χ1v) is 5.16. The summed E-state index contributed by atoms with van der Waals surface area (Å²) < 4.78 is 0.163. The van der Waals surface area contributed by atoms with Gasteiger partial charge in [-0.1, -0.05) is 0 Å². The number of carboxylic acids is 2. The molecule has 0 radical (unpaired) electrons. The molecule has 1 unspecified atom stereocenters. The zero-order valence-electron chi connectivity index (χ0n) is 10.6. The topological polar surface area (TPSA) is 112 Å². The molecule has 102 valence electrons. The highest BCUT2D eigenvalue weighted by Crippen LogP contribution is 2.16. The Hall–Kier alpha value is -1.73. The minimum Gasteiger partial charge on any atom is -0.481 e. The molecule has 0 saturated heterocycles. The van der Waals surface area contributed by atoms with E-state index in [1.54, 1.807) is 21.1 Å². The van der Waals surface area contributed by atoms with Gasteiger partial charge in [0.2, 0.25) is 0 Å². The highest BCUT2D eigenvalue weighted by molar-refractivity contribution is 6.02. The van der Waals surface area contributed by atoms with Crippen molar-refractivity contribution in [3.05, 3.63) is 12.2 Å². The number of aliphatic carboxylic acids is 2. The number of carbonyl (C=O) groups is 3. The van der Waals surface area contributed by atoms with Crippen LogP contribution in [0.25, 0.3) is 0 Å². The van der Waals surface area contributed by atoms with Crippen molar-refractivity contribution in [2.24, 2.45) is 0 Å². The predicted molar refractivity (Wildman–Crippen MR) is 61.9 cm³/mol. The van der Waals surface area contributed by atoms with Crippen molar-refractivity contribution in [3.63, 3.8) is 0 Å². The van der Waals surface area contributed by atoms with Gasteiger partial charge in [-0.05, 0) is 6.08 Å². The Bertz CT molecular complexity index is 381. The van der Waals surface area contributed by atoms with E-state index in [-0.39, 0.29) is 11.0 Å². The first kappa shape index (κ1) is 16.3. The third-order valence-corrected chi connectivity index (χ3v) is 2.02. The number of hydrogen-bond donors (Lipinski definition) is 3. The average molecular weight is 260 g/mol. The van der Waals surface area contributed by atoms with E-state index in [4.69, 9.17) is 10.2 Å². The van der Waals surface area contributed by atoms with Crippen LogP contribution in [0.2, 0.25) is 0 Å². The fraction of sp³-hybridized carbons (Fsp3) is 0.545. The minimum atomic E-state index is -2.12. The molecule has 0 rings (SSSR count). The summed E-state index contributed by atoms with van der Waals surface area (Å²) in [4.78, 5) is 32.7. The van der Waals surface area contributed by atoms with Crippen molar-refractivity contribution in [2.45, 2.75) is 12.0 Å². The average Bonchev–Trinajstić information content (AvgIpc) is 2.09. The molecule has 0 heterocycles. The molecule has 0 fully saturated rings. The molecule has 0 aliphatic heterocycles. The standard InChI is InChI=1S/C11H17NO6/c1-12(2,3)7-11(18,6-10(16)17)8(13)4-5-9(14)15/h4-5,18H,6-7H2,1-3H3,(H-,14,15,16,17)/p+1/b5-4+. The maximum absolute atomic E-state index is 11.7. The van der Waals surface area contributed by atoms with E-state index in [0.29, 0.717) is 12.2 Å². The van der Waals surface area contributed by atoms with Crippen LogP contribution in [0.1, 0.15) is 6.42 Å². The SMILES string of the molecule is C[N+](C)(C)CC(O)(CC(=O)O)C(=O)/C=C/C(=O)O. The van der Waals surface area contributed by atoms with Gasteiger partial charge in [0.05, 0.1) is 27.6 Å². The van der Waals surface area contributed by atoms with Crippen molar-refractivity contribution < 1.29 is 34.2 Å². The summed E-state index contributed by atoms with van der Waals surface area (Å²) in [6.45, 7) is -0.137. The van der Waals surface area contributed by atoms with Gasteiger partial charge < -0.3 is 19.8 Å². The van der Waals surface area contributed by atoms with Crippen LogP contribution in [-0.4, -0.2) is 70.8 Å². The van der Waals surface area contributed by atoms with Crippen molar-refractivity contribution in [1.29, 1.82) is 0 Å². The van der Waals surface area contributed by atoms with Crippen LogP contribution in [0.5, 0.6) is 0 Å². The summed E-state index contributed by atoms with van der Waals surface area (Å²) in [7, 11) is 5.04. The van der Waals surface area contributed by atoms with Gasteiger partial charge in [0.15, 0.2) is 11.4 Å². The second kappa shape index (κ2) is 5.74. The first-order valence-electron chi connectivity index (χ1n) is 5.16. The number of carboxylic acid groups (broad SMARTS) is 2. The highest BCUT2D eigenvalue weighted by Gasteiger charge is 2.41. The lowest BCUT2D eigenvalue weighted by Crippen LogP contribution is -2.54. The molecule has 0 aliphatic carbocycles. The van der Waals surface area contributed by atoms with E-state index in [1.807, 2.05) is 0 Å². The largest absolute Gasteiger partial charge is 0.481 e. The molecule has 0 bridgehead atoms. The van der Waals surface area contributed by atoms with Crippen molar-refractivity contribution in [2.75, 3.05) is 27.7 Å². The second-order valence-electron chi connectivity index (χ2n) is 5.09. The second-order valence-corrected chi connectivity index (χ2v) is 5.09. The van der Waals surface area contributed by atoms with Crippen LogP contribution in [0.4, 0.5) is 0 Å². The number of quaternary nitrogens is 1. The summed E-state index contributed by atoms with van der Waals surface area (Å²) in [6, 6.07) is 0. The monoisotopic (exact) mass is 260 g/mol.